The molecule has 1 atom stereocenters. The molecule has 0 N–H and O–H groups in total. The van der Waals surface area contributed by atoms with Crippen molar-refractivity contribution in [2.75, 3.05) is 21.1 Å². The van der Waals surface area contributed by atoms with E-state index in [0.29, 0.717) is 21.6 Å². The molecule has 2 rings (SSSR count). The molecule has 0 aromatic heterocycles. The van der Waals surface area contributed by atoms with Gasteiger partial charge in [0.2, 0.25) is 5.96 Å². The summed E-state index contributed by atoms with van der Waals surface area (Å²) < 4.78 is 13.8. The van der Waals surface area contributed by atoms with Gasteiger partial charge in [-0.1, -0.05) is 11.6 Å². The average Bonchev–Trinajstić information content (AvgIpc) is 2.23. The zero-order valence-electron chi connectivity index (χ0n) is 9.27. The van der Waals surface area contributed by atoms with Gasteiger partial charge in [0.15, 0.2) is 11.0 Å². The van der Waals surface area contributed by atoms with E-state index >= 15 is 0 Å². The number of hydrogen-bond acceptors (Lipinski definition) is 3. The van der Waals surface area contributed by atoms with Crippen molar-refractivity contribution in [1.29, 1.82) is 0 Å². The Bertz CT molecular complexity index is 487. The predicted octanol–water partition coefficient (Wildman–Crippen LogP) is 1.86. The van der Waals surface area contributed by atoms with E-state index in [-0.39, 0.29) is 0 Å². The summed E-state index contributed by atoms with van der Waals surface area (Å²) in [5.41, 5.74) is 0.713. The van der Waals surface area contributed by atoms with Crippen LogP contribution in [0.2, 0.25) is 5.02 Å². The van der Waals surface area contributed by atoms with Crippen molar-refractivity contribution in [2.24, 2.45) is 4.99 Å². The first-order valence-electron chi connectivity index (χ1n) is 4.72. The van der Waals surface area contributed by atoms with Crippen LogP contribution in [0.25, 0.3) is 0 Å². The van der Waals surface area contributed by atoms with Crippen molar-refractivity contribution >= 4 is 34.2 Å². The molecule has 0 aliphatic carbocycles. The fraction of sp³-hybridized carbons (Fsp3) is 0.300. The Morgan fingerprint density at radius 1 is 1.44 bits per heavy atom. The van der Waals surface area contributed by atoms with Crippen LogP contribution in [0.15, 0.2) is 28.1 Å². The molecule has 1 aromatic rings. The van der Waals surface area contributed by atoms with Crippen LogP contribution in [0.5, 0.6) is 0 Å². The Kier molecular flexibility index (Phi) is 2.90. The number of aliphatic imine (C=N–C) groups is 1. The molecule has 0 radical (unpaired) electrons. The number of rotatable bonds is 0. The largest absolute Gasteiger partial charge is 0.348 e. The molecule has 6 heteroatoms. The lowest BCUT2D eigenvalue weighted by Crippen LogP contribution is -2.40. The maximum Gasteiger partial charge on any atom is 0.213 e. The molecule has 86 valence electrons. The minimum absolute atomic E-state index is 0.573. The number of guanidine groups is 1. The maximum atomic E-state index is 12.2. The summed E-state index contributed by atoms with van der Waals surface area (Å²) in [6.07, 6.45) is 0. The second-order valence-electron chi connectivity index (χ2n) is 3.66. The van der Waals surface area contributed by atoms with Gasteiger partial charge in [-0.05, 0) is 18.2 Å². The minimum atomic E-state index is -1.24. The average molecular weight is 258 g/mol. The number of halogens is 1. The third-order valence-corrected chi connectivity index (χ3v) is 3.86. The SMILES string of the molecule is CN(C)C1=Nc2ccc(Cl)cc2S(=O)N1C. The summed E-state index contributed by atoms with van der Waals surface area (Å²) >= 11 is 5.88. The van der Waals surface area contributed by atoms with Gasteiger partial charge < -0.3 is 4.90 Å². The number of fused-ring (bicyclic) bond motifs is 1. The first-order chi connectivity index (χ1) is 7.50. The molecular weight excluding hydrogens is 246 g/mol. The molecule has 0 amide bonds. The molecule has 0 saturated carbocycles. The van der Waals surface area contributed by atoms with Gasteiger partial charge in [-0.3, -0.25) is 4.31 Å². The van der Waals surface area contributed by atoms with Gasteiger partial charge in [-0.2, -0.15) is 0 Å². The quantitative estimate of drug-likeness (QED) is 0.711. The van der Waals surface area contributed by atoms with Gasteiger partial charge in [0.1, 0.15) is 0 Å². The fourth-order valence-electron chi connectivity index (χ4n) is 1.50. The van der Waals surface area contributed by atoms with Crippen molar-refractivity contribution in [3.05, 3.63) is 23.2 Å². The van der Waals surface area contributed by atoms with Gasteiger partial charge >= 0.3 is 0 Å². The first kappa shape index (κ1) is 11.4. The summed E-state index contributed by atoms with van der Waals surface area (Å²) in [6, 6.07) is 5.23. The summed E-state index contributed by atoms with van der Waals surface area (Å²) in [5, 5.41) is 0.573. The van der Waals surface area contributed by atoms with Crippen LogP contribution in [0.3, 0.4) is 0 Å². The third-order valence-electron chi connectivity index (χ3n) is 2.26. The van der Waals surface area contributed by atoms with Gasteiger partial charge in [0.25, 0.3) is 0 Å². The highest BCUT2D eigenvalue weighted by Gasteiger charge is 2.25. The fourth-order valence-corrected chi connectivity index (χ4v) is 2.91. The zero-order valence-corrected chi connectivity index (χ0v) is 10.8. The van der Waals surface area contributed by atoms with E-state index < -0.39 is 11.0 Å². The van der Waals surface area contributed by atoms with Crippen LogP contribution in [0.1, 0.15) is 0 Å². The van der Waals surface area contributed by atoms with Crippen LogP contribution in [-0.4, -0.2) is 40.5 Å². The predicted molar refractivity (Wildman–Crippen MR) is 66.4 cm³/mol. The Balaban J connectivity index is 2.59. The van der Waals surface area contributed by atoms with Gasteiger partial charge in [-0.25, -0.2) is 9.20 Å². The topological polar surface area (TPSA) is 35.9 Å². The number of benzene rings is 1. The highest BCUT2D eigenvalue weighted by atomic mass is 35.5. The molecule has 1 aliphatic rings. The lowest BCUT2D eigenvalue weighted by molar-refractivity contribution is 0.534. The minimum Gasteiger partial charge on any atom is -0.348 e. The highest BCUT2D eigenvalue weighted by Crippen LogP contribution is 2.31. The Morgan fingerprint density at radius 3 is 2.75 bits per heavy atom. The molecule has 1 unspecified atom stereocenters. The Labute approximate surface area is 102 Å². The normalized spacial score (nSPS) is 19.1. The molecular formula is C10H12ClN3OS. The van der Waals surface area contributed by atoms with Crippen molar-refractivity contribution in [3.8, 4) is 0 Å². The van der Waals surface area contributed by atoms with Gasteiger partial charge in [0.05, 0.1) is 10.6 Å². The van der Waals surface area contributed by atoms with E-state index in [2.05, 4.69) is 4.99 Å². The Hall–Kier alpha value is -1.07. The van der Waals surface area contributed by atoms with Crippen molar-refractivity contribution < 1.29 is 4.21 Å². The second-order valence-corrected chi connectivity index (χ2v) is 5.59. The molecule has 1 aromatic carbocycles. The second kappa shape index (κ2) is 4.07. The first-order valence-corrected chi connectivity index (χ1v) is 6.20. The highest BCUT2D eigenvalue weighted by molar-refractivity contribution is 7.83. The maximum absolute atomic E-state index is 12.2. The molecule has 16 heavy (non-hydrogen) atoms. The lowest BCUT2D eigenvalue weighted by Gasteiger charge is -2.29. The summed E-state index contributed by atoms with van der Waals surface area (Å²) in [4.78, 5) is 6.92. The van der Waals surface area contributed by atoms with Crippen LogP contribution in [0.4, 0.5) is 5.69 Å². The molecule has 1 aliphatic heterocycles. The van der Waals surface area contributed by atoms with Crippen LogP contribution in [-0.2, 0) is 11.0 Å². The standard InChI is InChI=1S/C10H12ClN3OS/c1-13(2)10-12-8-5-4-7(11)6-9(8)16(15)14(10)3/h4-6H,1-3H3. The molecule has 1 heterocycles. The van der Waals surface area contributed by atoms with Crippen molar-refractivity contribution in [1.82, 2.24) is 9.21 Å². The Morgan fingerprint density at radius 2 is 2.12 bits per heavy atom. The zero-order chi connectivity index (χ0) is 11.9. The van der Waals surface area contributed by atoms with E-state index in [1.165, 1.54) is 0 Å². The van der Waals surface area contributed by atoms with Crippen LogP contribution in [0, 0.1) is 0 Å². The number of nitrogens with zero attached hydrogens (tertiary/aromatic N) is 3. The van der Waals surface area contributed by atoms with E-state index in [4.69, 9.17) is 11.6 Å². The molecule has 0 saturated heterocycles. The monoisotopic (exact) mass is 257 g/mol. The smallest absolute Gasteiger partial charge is 0.213 e. The van der Waals surface area contributed by atoms with E-state index in [9.17, 15) is 4.21 Å². The number of hydrogen-bond donors (Lipinski definition) is 0. The van der Waals surface area contributed by atoms with Crippen molar-refractivity contribution in [3.63, 3.8) is 0 Å². The van der Waals surface area contributed by atoms with Gasteiger partial charge in [-0.15, -0.1) is 0 Å². The summed E-state index contributed by atoms with van der Waals surface area (Å²) in [5.74, 6) is 0.674. The van der Waals surface area contributed by atoms with Crippen molar-refractivity contribution in [2.45, 2.75) is 4.90 Å². The molecule has 0 spiro atoms. The van der Waals surface area contributed by atoms with Crippen LogP contribution < -0.4 is 0 Å². The summed E-state index contributed by atoms with van der Waals surface area (Å²) in [6.45, 7) is 0. The van der Waals surface area contributed by atoms with E-state index in [1.54, 1.807) is 29.6 Å². The molecule has 0 fully saturated rings. The van der Waals surface area contributed by atoms with Crippen LogP contribution >= 0.6 is 11.6 Å². The molecule has 0 bridgehead atoms. The van der Waals surface area contributed by atoms with Gasteiger partial charge in [0, 0.05) is 26.2 Å². The van der Waals surface area contributed by atoms with E-state index in [1.807, 2.05) is 19.0 Å². The summed E-state index contributed by atoms with van der Waals surface area (Å²) in [7, 11) is 4.24. The lowest BCUT2D eigenvalue weighted by atomic mass is 10.3. The third kappa shape index (κ3) is 1.81. The molecule has 4 nitrogen and oxygen atoms in total. The van der Waals surface area contributed by atoms with E-state index in [0.717, 1.165) is 0 Å².